The van der Waals surface area contributed by atoms with Gasteiger partial charge in [0.05, 0.1) is 18.2 Å². The second kappa shape index (κ2) is 8.10. The summed E-state index contributed by atoms with van der Waals surface area (Å²) < 4.78 is 29.0. The van der Waals surface area contributed by atoms with Gasteiger partial charge in [0.1, 0.15) is 11.6 Å². The summed E-state index contributed by atoms with van der Waals surface area (Å²) in [6.45, 7) is 7.29. The highest BCUT2D eigenvalue weighted by atomic mass is 19.1. The van der Waals surface area contributed by atoms with Crippen molar-refractivity contribution >= 4 is 16.8 Å². The van der Waals surface area contributed by atoms with Crippen LogP contribution < -0.4 is 10.4 Å². The fourth-order valence-corrected chi connectivity index (χ4v) is 5.70. The lowest BCUT2D eigenvalue weighted by molar-refractivity contribution is 0.627. The fourth-order valence-electron chi connectivity index (χ4n) is 5.70. The van der Waals surface area contributed by atoms with Gasteiger partial charge in [-0.3, -0.25) is 0 Å². The number of fused-ring (bicyclic) bond motifs is 6. The van der Waals surface area contributed by atoms with Crippen LogP contribution in [0.15, 0.2) is 97.1 Å². The van der Waals surface area contributed by atoms with Crippen LogP contribution in [0.25, 0.3) is 38.2 Å². The fraction of sp³-hybridized carbons (Fsp3) is 0. The second-order valence-corrected chi connectivity index (χ2v) is 9.42. The van der Waals surface area contributed by atoms with Crippen LogP contribution in [-0.4, -0.2) is 0 Å². The SMILES string of the molecule is [C-]#[N+]c1ccc(C2=c3cc4c(cc3-c3ccc(F)cc32)=C(c2ccc(C#N)cc2)c2cc(F)ccc2-4)cc1. The zero-order valence-electron chi connectivity index (χ0n) is 19.9. The summed E-state index contributed by atoms with van der Waals surface area (Å²) >= 11 is 0. The molecule has 2 aliphatic carbocycles. The van der Waals surface area contributed by atoms with Crippen molar-refractivity contribution < 1.29 is 8.78 Å². The van der Waals surface area contributed by atoms with Crippen molar-refractivity contribution in [1.82, 2.24) is 0 Å². The largest absolute Gasteiger partial charge is 0.238 e. The third-order valence-corrected chi connectivity index (χ3v) is 7.37. The predicted octanol–water partition coefficient (Wildman–Crippen LogP) is 6.84. The number of rotatable bonds is 2. The summed E-state index contributed by atoms with van der Waals surface area (Å²) in [5.74, 6) is -0.631. The van der Waals surface area contributed by atoms with Gasteiger partial charge in [0.15, 0.2) is 5.69 Å². The molecule has 0 heterocycles. The molecule has 5 aromatic carbocycles. The Balaban J connectivity index is 1.60. The van der Waals surface area contributed by atoms with Gasteiger partial charge in [-0.25, -0.2) is 13.6 Å². The molecule has 4 heteroatoms. The molecular weight excluding hydrogens is 474 g/mol. The van der Waals surface area contributed by atoms with E-state index in [0.717, 1.165) is 66.1 Å². The molecule has 176 valence electrons. The van der Waals surface area contributed by atoms with Gasteiger partial charge in [0.2, 0.25) is 0 Å². The summed E-state index contributed by atoms with van der Waals surface area (Å²) in [5, 5.41) is 11.2. The topological polar surface area (TPSA) is 28.1 Å². The third kappa shape index (κ3) is 3.15. The van der Waals surface area contributed by atoms with E-state index < -0.39 is 0 Å². The lowest BCUT2D eigenvalue weighted by Gasteiger charge is -2.08. The van der Waals surface area contributed by atoms with Gasteiger partial charge < -0.3 is 0 Å². The van der Waals surface area contributed by atoms with Crippen molar-refractivity contribution in [2.24, 2.45) is 0 Å². The molecule has 0 radical (unpaired) electrons. The van der Waals surface area contributed by atoms with Crippen molar-refractivity contribution in [3.63, 3.8) is 0 Å². The summed E-state index contributed by atoms with van der Waals surface area (Å²) in [6.07, 6.45) is 0. The van der Waals surface area contributed by atoms with E-state index >= 15 is 0 Å². The number of nitriles is 1. The van der Waals surface area contributed by atoms with Gasteiger partial charge in [-0.05, 0) is 115 Å². The first-order valence-electron chi connectivity index (χ1n) is 12.1. The first-order valence-corrected chi connectivity index (χ1v) is 12.1. The Labute approximate surface area is 217 Å². The van der Waals surface area contributed by atoms with Gasteiger partial charge in [-0.15, -0.1) is 0 Å². The van der Waals surface area contributed by atoms with Crippen LogP contribution in [0.4, 0.5) is 14.5 Å². The Kier molecular flexibility index (Phi) is 4.67. The number of nitrogens with zero attached hydrogens (tertiary/aromatic N) is 2. The molecule has 0 saturated carbocycles. The van der Waals surface area contributed by atoms with Crippen LogP contribution in [0.1, 0.15) is 27.8 Å². The Morgan fingerprint density at radius 3 is 1.47 bits per heavy atom. The van der Waals surface area contributed by atoms with E-state index in [-0.39, 0.29) is 11.6 Å². The zero-order valence-corrected chi connectivity index (χ0v) is 19.9. The minimum atomic E-state index is -0.316. The molecule has 0 spiro atoms. The van der Waals surface area contributed by atoms with E-state index in [1.165, 1.54) is 12.1 Å². The Bertz CT molecular complexity index is 1890. The molecule has 0 aromatic heterocycles. The highest BCUT2D eigenvalue weighted by Crippen LogP contribution is 2.40. The highest BCUT2D eigenvalue weighted by molar-refractivity contribution is 6.01. The summed E-state index contributed by atoms with van der Waals surface area (Å²) in [5.41, 5.74) is 10.1. The van der Waals surface area contributed by atoms with E-state index in [4.69, 9.17) is 6.57 Å². The van der Waals surface area contributed by atoms with Crippen LogP contribution in [0.5, 0.6) is 0 Å². The molecule has 0 atom stereocenters. The number of halogens is 2. The molecule has 0 unspecified atom stereocenters. The van der Waals surface area contributed by atoms with Gasteiger partial charge in [0, 0.05) is 0 Å². The molecule has 7 rings (SSSR count). The molecule has 0 fully saturated rings. The standard InChI is InChI=1S/C34H16F2N2/c1-38-24-10-6-21(7-11-24)34-30-15-23(36)9-13-26(30)28-16-31-27(17-32(28)34)25-12-8-22(35)14-29(25)33(31)20-4-2-19(18-37)3-5-20/h2-17H. The highest BCUT2D eigenvalue weighted by Gasteiger charge is 2.27. The lowest BCUT2D eigenvalue weighted by atomic mass is 9.96. The number of hydrogen-bond acceptors (Lipinski definition) is 1. The minimum absolute atomic E-state index is 0.315. The van der Waals surface area contributed by atoms with E-state index in [1.807, 2.05) is 24.3 Å². The van der Waals surface area contributed by atoms with E-state index in [0.29, 0.717) is 11.3 Å². The van der Waals surface area contributed by atoms with Crippen LogP contribution >= 0.6 is 0 Å². The minimum Gasteiger partial charge on any atom is -0.238 e. The molecule has 0 aliphatic heterocycles. The number of benzene rings is 5. The zero-order chi connectivity index (χ0) is 26.0. The molecule has 38 heavy (non-hydrogen) atoms. The first kappa shape index (κ1) is 21.9. The van der Waals surface area contributed by atoms with Crippen molar-refractivity contribution in [1.29, 1.82) is 5.26 Å². The van der Waals surface area contributed by atoms with Crippen molar-refractivity contribution in [2.45, 2.75) is 0 Å². The molecular formula is C34H16F2N2. The summed E-state index contributed by atoms with van der Waals surface area (Å²) in [6, 6.07) is 30.7. The van der Waals surface area contributed by atoms with Crippen molar-refractivity contribution in [2.75, 3.05) is 0 Å². The molecule has 2 nitrogen and oxygen atoms in total. The van der Waals surface area contributed by atoms with E-state index in [9.17, 15) is 14.0 Å². The normalized spacial score (nSPS) is 12.3. The maximum atomic E-state index is 14.5. The Morgan fingerprint density at radius 1 is 0.553 bits per heavy atom. The van der Waals surface area contributed by atoms with Crippen LogP contribution in [0, 0.1) is 29.5 Å². The molecule has 2 aliphatic rings. The second-order valence-electron chi connectivity index (χ2n) is 9.42. The predicted molar refractivity (Wildman–Crippen MR) is 144 cm³/mol. The van der Waals surface area contributed by atoms with E-state index in [2.05, 4.69) is 23.0 Å². The maximum absolute atomic E-state index is 14.5. The summed E-state index contributed by atoms with van der Waals surface area (Å²) in [4.78, 5) is 3.50. The first-order chi connectivity index (χ1) is 18.6. The quantitative estimate of drug-likeness (QED) is 0.244. The maximum Gasteiger partial charge on any atom is 0.187 e. The van der Waals surface area contributed by atoms with Gasteiger partial charge in [-0.2, -0.15) is 5.26 Å². The number of hydrogen-bond donors (Lipinski definition) is 0. The van der Waals surface area contributed by atoms with Crippen LogP contribution in [0.2, 0.25) is 0 Å². The molecule has 0 saturated heterocycles. The monoisotopic (exact) mass is 490 g/mol. The Morgan fingerprint density at radius 2 is 1.03 bits per heavy atom. The van der Waals surface area contributed by atoms with E-state index in [1.54, 1.807) is 48.5 Å². The van der Waals surface area contributed by atoms with Crippen molar-refractivity contribution in [3.8, 4) is 28.3 Å². The molecule has 0 N–H and O–H groups in total. The van der Waals surface area contributed by atoms with Crippen LogP contribution in [0.3, 0.4) is 0 Å². The van der Waals surface area contributed by atoms with Gasteiger partial charge in [0.25, 0.3) is 0 Å². The lowest BCUT2D eigenvalue weighted by Crippen LogP contribution is -2.15. The molecule has 5 aromatic rings. The van der Waals surface area contributed by atoms with Crippen LogP contribution in [-0.2, 0) is 0 Å². The average molecular weight is 491 g/mol. The molecule has 0 bridgehead atoms. The Hall–Kier alpha value is -5.32. The van der Waals surface area contributed by atoms with Gasteiger partial charge in [-0.1, -0.05) is 48.5 Å². The molecule has 0 amide bonds. The smallest absolute Gasteiger partial charge is 0.187 e. The summed E-state index contributed by atoms with van der Waals surface area (Å²) in [7, 11) is 0. The average Bonchev–Trinajstić information content (AvgIpc) is 3.42. The van der Waals surface area contributed by atoms with Gasteiger partial charge >= 0.3 is 0 Å². The van der Waals surface area contributed by atoms with Crippen molar-refractivity contribution in [3.05, 3.63) is 158 Å². The third-order valence-electron chi connectivity index (χ3n) is 7.37.